The first-order chi connectivity index (χ1) is 11.1. The Hall–Kier alpha value is -2.08. The van der Waals surface area contributed by atoms with E-state index in [0.29, 0.717) is 24.8 Å². The topological polar surface area (TPSA) is 84.7 Å². The third-order valence-corrected chi connectivity index (χ3v) is 4.19. The first-order valence-electron chi connectivity index (χ1n) is 8.04. The number of hydrogen-bond donors (Lipinski definition) is 2. The van der Waals surface area contributed by atoms with Crippen molar-refractivity contribution in [1.82, 2.24) is 10.2 Å². The number of para-hydroxylation sites is 1. The molecule has 1 heterocycles. The van der Waals surface area contributed by atoms with E-state index in [4.69, 9.17) is 10.5 Å². The second kappa shape index (κ2) is 8.53. The van der Waals surface area contributed by atoms with Gasteiger partial charge in [-0.1, -0.05) is 18.2 Å². The van der Waals surface area contributed by atoms with E-state index in [-0.39, 0.29) is 31.0 Å². The molecule has 2 amide bonds. The van der Waals surface area contributed by atoms with Crippen LogP contribution in [0.1, 0.15) is 19.8 Å². The zero-order chi connectivity index (χ0) is 16.7. The summed E-state index contributed by atoms with van der Waals surface area (Å²) in [5.74, 6) is 0.758. The van der Waals surface area contributed by atoms with Crippen LogP contribution >= 0.6 is 0 Å². The van der Waals surface area contributed by atoms with Crippen LogP contribution in [-0.2, 0) is 9.59 Å². The van der Waals surface area contributed by atoms with Crippen molar-refractivity contribution in [1.29, 1.82) is 0 Å². The van der Waals surface area contributed by atoms with Crippen molar-refractivity contribution < 1.29 is 14.3 Å². The number of rotatable bonds is 6. The average molecular weight is 319 g/mol. The molecule has 1 unspecified atom stereocenters. The number of carbonyl (C=O) groups is 2. The number of nitrogens with zero attached hydrogens (tertiary/aromatic N) is 1. The molecule has 1 aliphatic heterocycles. The molecule has 3 N–H and O–H groups in total. The maximum atomic E-state index is 12.1. The Kier molecular flexibility index (Phi) is 6.40. The normalized spacial score (nSPS) is 16.7. The Labute approximate surface area is 137 Å². The Morgan fingerprint density at radius 2 is 1.96 bits per heavy atom. The van der Waals surface area contributed by atoms with E-state index < -0.39 is 0 Å². The van der Waals surface area contributed by atoms with E-state index in [1.165, 1.54) is 0 Å². The predicted octanol–water partition coefficient (Wildman–Crippen LogP) is 0.767. The molecule has 6 nitrogen and oxygen atoms in total. The minimum absolute atomic E-state index is 0.0137. The lowest BCUT2D eigenvalue weighted by Gasteiger charge is -2.33. The molecule has 1 fully saturated rings. The van der Waals surface area contributed by atoms with Crippen molar-refractivity contribution in [3.8, 4) is 5.75 Å². The molecule has 0 saturated carbocycles. The van der Waals surface area contributed by atoms with Crippen molar-refractivity contribution >= 4 is 11.8 Å². The number of nitrogens with one attached hydrogen (secondary N) is 1. The second-order valence-electron chi connectivity index (χ2n) is 5.96. The summed E-state index contributed by atoms with van der Waals surface area (Å²) in [6, 6.07) is 9.27. The van der Waals surface area contributed by atoms with Gasteiger partial charge in [-0.25, -0.2) is 0 Å². The fourth-order valence-electron chi connectivity index (χ4n) is 2.68. The van der Waals surface area contributed by atoms with Crippen molar-refractivity contribution in [2.75, 3.05) is 26.2 Å². The smallest absolute Gasteiger partial charge is 0.258 e. The molecule has 23 heavy (non-hydrogen) atoms. The molecule has 126 valence electrons. The van der Waals surface area contributed by atoms with E-state index in [1.807, 2.05) is 25.1 Å². The monoisotopic (exact) mass is 319 g/mol. The van der Waals surface area contributed by atoms with Gasteiger partial charge in [-0.15, -0.1) is 0 Å². The van der Waals surface area contributed by atoms with Crippen LogP contribution in [0.4, 0.5) is 0 Å². The van der Waals surface area contributed by atoms with E-state index in [0.717, 1.165) is 12.8 Å². The number of amides is 2. The summed E-state index contributed by atoms with van der Waals surface area (Å²) in [5, 5.41) is 2.60. The van der Waals surface area contributed by atoms with Gasteiger partial charge in [0.2, 0.25) is 5.91 Å². The van der Waals surface area contributed by atoms with Crippen LogP contribution in [0, 0.1) is 5.92 Å². The molecule has 1 saturated heterocycles. The van der Waals surface area contributed by atoms with Crippen molar-refractivity contribution in [2.24, 2.45) is 11.7 Å². The van der Waals surface area contributed by atoms with Gasteiger partial charge >= 0.3 is 0 Å². The highest BCUT2D eigenvalue weighted by molar-refractivity contribution is 5.85. The third kappa shape index (κ3) is 5.56. The van der Waals surface area contributed by atoms with Gasteiger partial charge in [-0.3, -0.25) is 9.59 Å². The minimum atomic E-state index is -0.298. The summed E-state index contributed by atoms with van der Waals surface area (Å²) >= 11 is 0. The first-order valence-corrected chi connectivity index (χ1v) is 8.04. The number of hydrogen-bond acceptors (Lipinski definition) is 4. The lowest BCUT2D eigenvalue weighted by atomic mass is 9.91. The first kappa shape index (κ1) is 17.3. The summed E-state index contributed by atoms with van der Waals surface area (Å²) in [6.45, 7) is 3.35. The summed E-state index contributed by atoms with van der Waals surface area (Å²) in [6.07, 6.45) is 1.85. The van der Waals surface area contributed by atoms with Gasteiger partial charge in [-0.05, 0) is 37.8 Å². The maximum Gasteiger partial charge on any atom is 0.258 e. The SMILES string of the molecule is CC(N)C1CCN(C(=O)CNC(=O)COc2ccccc2)CC1. The second-order valence-corrected chi connectivity index (χ2v) is 5.96. The molecule has 1 aromatic carbocycles. The predicted molar refractivity (Wildman–Crippen MR) is 87.9 cm³/mol. The fraction of sp³-hybridized carbons (Fsp3) is 0.529. The number of ether oxygens (including phenoxy) is 1. The highest BCUT2D eigenvalue weighted by Crippen LogP contribution is 2.19. The van der Waals surface area contributed by atoms with Crippen molar-refractivity contribution in [3.05, 3.63) is 30.3 Å². The maximum absolute atomic E-state index is 12.1. The van der Waals surface area contributed by atoms with Crippen LogP contribution in [0.5, 0.6) is 5.75 Å². The molecular weight excluding hydrogens is 294 g/mol. The Morgan fingerprint density at radius 1 is 1.30 bits per heavy atom. The van der Waals surface area contributed by atoms with E-state index >= 15 is 0 Å². The van der Waals surface area contributed by atoms with Crippen LogP contribution in [0.25, 0.3) is 0 Å². The van der Waals surface area contributed by atoms with Crippen LogP contribution < -0.4 is 15.8 Å². The highest BCUT2D eigenvalue weighted by Gasteiger charge is 2.24. The molecule has 1 atom stereocenters. The Balaban J connectivity index is 1.65. The highest BCUT2D eigenvalue weighted by atomic mass is 16.5. The minimum Gasteiger partial charge on any atom is -0.484 e. The fourth-order valence-corrected chi connectivity index (χ4v) is 2.68. The van der Waals surface area contributed by atoms with Crippen LogP contribution in [0.2, 0.25) is 0 Å². The Bertz CT molecular complexity index is 511. The molecule has 1 aliphatic rings. The van der Waals surface area contributed by atoms with E-state index in [9.17, 15) is 9.59 Å². The lowest BCUT2D eigenvalue weighted by molar-refractivity contribution is -0.134. The molecule has 0 aromatic heterocycles. The molecule has 0 radical (unpaired) electrons. The van der Waals surface area contributed by atoms with E-state index in [1.54, 1.807) is 17.0 Å². The molecule has 2 rings (SSSR count). The third-order valence-electron chi connectivity index (χ3n) is 4.19. The largest absolute Gasteiger partial charge is 0.484 e. The number of benzene rings is 1. The van der Waals surface area contributed by atoms with Gasteiger partial charge in [0.25, 0.3) is 5.91 Å². The molecule has 0 aliphatic carbocycles. The summed E-state index contributed by atoms with van der Waals surface area (Å²) in [4.78, 5) is 25.6. The van der Waals surface area contributed by atoms with E-state index in [2.05, 4.69) is 5.32 Å². The molecule has 6 heteroatoms. The number of carbonyl (C=O) groups excluding carboxylic acids is 2. The van der Waals surface area contributed by atoms with Gasteiger partial charge < -0.3 is 20.7 Å². The van der Waals surface area contributed by atoms with Gasteiger partial charge in [0.1, 0.15) is 5.75 Å². The van der Waals surface area contributed by atoms with Crippen LogP contribution in [-0.4, -0.2) is 49.0 Å². The summed E-state index contributed by atoms with van der Waals surface area (Å²) in [7, 11) is 0. The van der Waals surface area contributed by atoms with Gasteiger partial charge in [-0.2, -0.15) is 0 Å². The summed E-state index contributed by atoms with van der Waals surface area (Å²) in [5.41, 5.74) is 5.89. The lowest BCUT2D eigenvalue weighted by Crippen LogP contribution is -2.46. The number of likely N-dealkylation sites (tertiary alicyclic amines) is 1. The Morgan fingerprint density at radius 3 is 2.57 bits per heavy atom. The zero-order valence-corrected chi connectivity index (χ0v) is 13.5. The average Bonchev–Trinajstić information content (AvgIpc) is 2.58. The zero-order valence-electron chi connectivity index (χ0n) is 13.5. The quantitative estimate of drug-likeness (QED) is 0.811. The van der Waals surface area contributed by atoms with Crippen LogP contribution in [0.15, 0.2) is 30.3 Å². The van der Waals surface area contributed by atoms with Crippen molar-refractivity contribution in [2.45, 2.75) is 25.8 Å². The summed E-state index contributed by atoms with van der Waals surface area (Å²) < 4.78 is 5.34. The van der Waals surface area contributed by atoms with Gasteiger partial charge in [0.15, 0.2) is 6.61 Å². The van der Waals surface area contributed by atoms with Crippen molar-refractivity contribution in [3.63, 3.8) is 0 Å². The van der Waals surface area contributed by atoms with Gasteiger partial charge in [0, 0.05) is 19.1 Å². The standard InChI is InChI=1S/C17H25N3O3/c1-13(18)14-7-9-20(10-8-14)17(22)11-19-16(21)12-23-15-5-3-2-4-6-15/h2-6,13-14H,7-12,18H2,1H3,(H,19,21). The molecule has 1 aromatic rings. The molecule has 0 spiro atoms. The number of nitrogens with two attached hydrogens (primary N) is 1. The van der Waals surface area contributed by atoms with Gasteiger partial charge in [0.05, 0.1) is 6.54 Å². The number of piperidine rings is 1. The molecular formula is C17H25N3O3. The molecule has 0 bridgehead atoms. The van der Waals surface area contributed by atoms with Crippen LogP contribution in [0.3, 0.4) is 0 Å².